The second-order valence-electron chi connectivity index (χ2n) is 5.74. The molecular formula is C17H33NO4. The van der Waals surface area contributed by atoms with Gasteiger partial charge in [-0.05, 0) is 19.3 Å². The number of carboxylic acid groups (broad SMARTS) is 1. The van der Waals surface area contributed by atoms with Gasteiger partial charge in [0, 0.05) is 13.0 Å². The maximum Gasteiger partial charge on any atom is 0.407 e. The topological polar surface area (TPSA) is 75.6 Å². The van der Waals surface area contributed by atoms with Crippen LogP contribution < -0.4 is 5.32 Å². The van der Waals surface area contributed by atoms with Gasteiger partial charge in [0.25, 0.3) is 0 Å². The SMILES string of the molecule is CCCCOC(=O)NCCCCCCCCCCCC(=O)O. The number of ether oxygens (including phenoxy) is 1. The molecule has 0 aromatic heterocycles. The van der Waals surface area contributed by atoms with Crippen molar-refractivity contribution in [2.24, 2.45) is 0 Å². The summed E-state index contributed by atoms with van der Waals surface area (Å²) in [5, 5.41) is 11.3. The third kappa shape index (κ3) is 16.8. The summed E-state index contributed by atoms with van der Waals surface area (Å²) >= 11 is 0. The van der Waals surface area contributed by atoms with Gasteiger partial charge in [0.2, 0.25) is 0 Å². The fourth-order valence-electron chi connectivity index (χ4n) is 2.19. The molecule has 0 saturated carbocycles. The van der Waals surface area contributed by atoms with Gasteiger partial charge < -0.3 is 15.2 Å². The summed E-state index contributed by atoms with van der Waals surface area (Å²) in [5.74, 6) is -0.692. The Morgan fingerprint density at radius 1 is 0.864 bits per heavy atom. The normalized spacial score (nSPS) is 10.4. The van der Waals surface area contributed by atoms with E-state index in [9.17, 15) is 9.59 Å². The monoisotopic (exact) mass is 315 g/mol. The van der Waals surface area contributed by atoms with E-state index in [2.05, 4.69) is 12.2 Å². The highest BCUT2D eigenvalue weighted by Gasteiger charge is 2.00. The van der Waals surface area contributed by atoms with Crippen LogP contribution in [-0.4, -0.2) is 30.3 Å². The zero-order chi connectivity index (χ0) is 16.5. The second-order valence-corrected chi connectivity index (χ2v) is 5.74. The van der Waals surface area contributed by atoms with E-state index in [4.69, 9.17) is 9.84 Å². The molecule has 22 heavy (non-hydrogen) atoms. The van der Waals surface area contributed by atoms with Crippen LogP contribution in [0, 0.1) is 0 Å². The van der Waals surface area contributed by atoms with Gasteiger partial charge in [-0.1, -0.05) is 58.3 Å². The van der Waals surface area contributed by atoms with E-state index in [1.165, 1.54) is 25.7 Å². The van der Waals surface area contributed by atoms with E-state index in [1.807, 2.05) is 0 Å². The van der Waals surface area contributed by atoms with E-state index in [0.29, 0.717) is 19.6 Å². The highest BCUT2D eigenvalue weighted by molar-refractivity contribution is 5.67. The van der Waals surface area contributed by atoms with Crippen LogP contribution in [0.2, 0.25) is 0 Å². The number of hydrogen-bond donors (Lipinski definition) is 2. The second kappa shape index (κ2) is 16.1. The Labute approximate surface area is 134 Å². The molecule has 0 spiro atoms. The van der Waals surface area contributed by atoms with E-state index < -0.39 is 5.97 Å². The van der Waals surface area contributed by atoms with Gasteiger partial charge in [-0.25, -0.2) is 4.79 Å². The summed E-state index contributed by atoms with van der Waals surface area (Å²) in [6.07, 6.45) is 11.9. The van der Waals surface area contributed by atoms with E-state index >= 15 is 0 Å². The van der Waals surface area contributed by atoms with Crippen LogP contribution >= 0.6 is 0 Å². The van der Waals surface area contributed by atoms with Crippen molar-refractivity contribution in [3.63, 3.8) is 0 Å². The fourth-order valence-corrected chi connectivity index (χ4v) is 2.19. The molecule has 0 radical (unpaired) electrons. The molecular weight excluding hydrogens is 282 g/mol. The van der Waals surface area contributed by atoms with Crippen molar-refractivity contribution < 1.29 is 19.4 Å². The number of nitrogens with one attached hydrogen (secondary N) is 1. The van der Waals surface area contributed by atoms with E-state index in [1.54, 1.807) is 0 Å². The number of unbranched alkanes of at least 4 members (excludes halogenated alkanes) is 9. The summed E-state index contributed by atoms with van der Waals surface area (Å²) in [7, 11) is 0. The molecule has 130 valence electrons. The zero-order valence-electron chi connectivity index (χ0n) is 14.1. The lowest BCUT2D eigenvalue weighted by molar-refractivity contribution is -0.137. The van der Waals surface area contributed by atoms with Crippen LogP contribution in [0.15, 0.2) is 0 Å². The van der Waals surface area contributed by atoms with Gasteiger partial charge >= 0.3 is 12.1 Å². The van der Waals surface area contributed by atoms with Gasteiger partial charge in [-0.3, -0.25) is 4.79 Å². The Balaban J connectivity index is 3.11. The third-order valence-corrected chi connectivity index (χ3v) is 3.57. The third-order valence-electron chi connectivity index (χ3n) is 3.57. The van der Waals surface area contributed by atoms with Crippen molar-refractivity contribution in [1.29, 1.82) is 0 Å². The number of hydrogen-bond acceptors (Lipinski definition) is 3. The lowest BCUT2D eigenvalue weighted by Gasteiger charge is -2.06. The van der Waals surface area contributed by atoms with Gasteiger partial charge in [-0.2, -0.15) is 0 Å². The number of amides is 1. The average molecular weight is 315 g/mol. The van der Waals surface area contributed by atoms with Gasteiger partial charge in [0.15, 0.2) is 0 Å². The predicted octanol–water partition coefficient (Wildman–Crippen LogP) is 4.50. The quantitative estimate of drug-likeness (QED) is 0.436. The maximum atomic E-state index is 11.3. The number of carbonyl (C=O) groups excluding carboxylic acids is 1. The highest BCUT2D eigenvalue weighted by Crippen LogP contribution is 2.10. The molecule has 0 atom stereocenters. The molecule has 0 saturated heterocycles. The lowest BCUT2D eigenvalue weighted by atomic mass is 10.1. The van der Waals surface area contributed by atoms with Crippen LogP contribution in [0.25, 0.3) is 0 Å². The molecule has 0 aliphatic carbocycles. The predicted molar refractivity (Wildman–Crippen MR) is 88.1 cm³/mol. The molecule has 0 aromatic rings. The molecule has 0 aliphatic heterocycles. The molecule has 0 rings (SSSR count). The van der Waals surface area contributed by atoms with Crippen molar-refractivity contribution in [1.82, 2.24) is 5.32 Å². The Kier molecular flexibility index (Phi) is 15.2. The molecule has 0 heterocycles. The summed E-state index contributed by atoms with van der Waals surface area (Å²) in [4.78, 5) is 21.6. The van der Waals surface area contributed by atoms with E-state index in [-0.39, 0.29) is 6.09 Å². The first-order chi connectivity index (χ1) is 10.7. The fraction of sp³-hybridized carbons (Fsp3) is 0.882. The van der Waals surface area contributed by atoms with Crippen molar-refractivity contribution in [3.8, 4) is 0 Å². The largest absolute Gasteiger partial charge is 0.481 e. The van der Waals surface area contributed by atoms with Crippen LogP contribution in [0.5, 0.6) is 0 Å². The first-order valence-electron chi connectivity index (χ1n) is 8.79. The number of aliphatic carboxylic acids is 1. The van der Waals surface area contributed by atoms with Crippen LogP contribution in [0.1, 0.15) is 84.0 Å². The average Bonchev–Trinajstić information content (AvgIpc) is 2.48. The summed E-state index contributed by atoms with van der Waals surface area (Å²) in [6.45, 7) is 3.27. The molecule has 0 unspecified atom stereocenters. The number of carbonyl (C=O) groups is 2. The van der Waals surface area contributed by atoms with Gasteiger partial charge in [0.1, 0.15) is 0 Å². The molecule has 5 heteroatoms. The first kappa shape index (κ1) is 20.7. The minimum atomic E-state index is -0.692. The molecule has 1 amide bonds. The molecule has 2 N–H and O–H groups in total. The summed E-state index contributed by atoms with van der Waals surface area (Å²) < 4.78 is 5.00. The minimum absolute atomic E-state index is 0.296. The summed E-state index contributed by atoms with van der Waals surface area (Å²) in [5.41, 5.74) is 0. The Morgan fingerprint density at radius 3 is 1.95 bits per heavy atom. The molecule has 0 fully saturated rings. The number of carboxylic acids is 1. The van der Waals surface area contributed by atoms with E-state index in [0.717, 1.165) is 44.9 Å². The van der Waals surface area contributed by atoms with Crippen LogP contribution in [-0.2, 0) is 9.53 Å². The lowest BCUT2D eigenvalue weighted by Crippen LogP contribution is -2.25. The Morgan fingerprint density at radius 2 is 1.41 bits per heavy atom. The molecule has 0 aliphatic rings. The smallest absolute Gasteiger partial charge is 0.407 e. The van der Waals surface area contributed by atoms with Crippen LogP contribution in [0.4, 0.5) is 4.79 Å². The molecule has 5 nitrogen and oxygen atoms in total. The zero-order valence-corrected chi connectivity index (χ0v) is 14.1. The number of rotatable bonds is 15. The maximum absolute atomic E-state index is 11.3. The van der Waals surface area contributed by atoms with Crippen molar-refractivity contribution >= 4 is 12.1 Å². The van der Waals surface area contributed by atoms with Crippen molar-refractivity contribution in [2.45, 2.75) is 84.0 Å². The first-order valence-corrected chi connectivity index (χ1v) is 8.79. The van der Waals surface area contributed by atoms with Crippen LogP contribution in [0.3, 0.4) is 0 Å². The number of alkyl carbamates (subject to hydrolysis) is 1. The minimum Gasteiger partial charge on any atom is -0.481 e. The Bertz CT molecular complexity index is 282. The van der Waals surface area contributed by atoms with Crippen molar-refractivity contribution in [2.75, 3.05) is 13.2 Å². The van der Waals surface area contributed by atoms with Crippen molar-refractivity contribution in [3.05, 3.63) is 0 Å². The van der Waals surface area contributed by atoms with Gasteiger partial charge in [-0.15, -0.1) is 0 Å². The highest BCUT2D eigenvalue weighted by atomic mass is 16.5. The standard InChI is InChI=1S/C17H33NO4/c1-2-3-15-22-17(21)18-14-12-10-8-6-4-5-7-9-11-13-16(19)20/h2-15H2,1H3,(H,18,21)(H,19,20). The van der Waals surface area contributed by atoms with Gasteiger partial charge in [0.05, 0.1) is 6.61 Å². The molecule has 0 bridgehead atoms. The molecule has 0 aromatic carbocycles. The summed E-state index contributed by atoms with van der Waals surface area (Å²) in [6, 6.07) is 0. The Hall–Kier alpha value is -1.26.